The smallest absolute Gasteiger partial charge is 0.122 e. The first-order valence-corrected chi connectivity index (χ1v) is 6.70. The van der Waals surface area contributed by atoms with Crippen molar-refractivity contribution in [2.75, 3.05) is 24.7 Å². The fourth-order valence-electron chi connectivity index (χ4n) is 1.16. The van der Waals surface area contributed by atoms with Gasteiger partial charge in [-0.25, -0.2) is 0 Å². The van der Waals surface area contributed by atoms with Crippen LogP contribution in [0.1, 0.15) is 12.8 Å². The maximum atomic E-state index is 5.55. The third kappa shape index (κ3) is 5.56. The number of ether oxygens (including phenoxy) is 2. The Bertz CT molecular complexity index is 267. The lowest BCUT2D eigenvalue weighted by Gasteiger charge is -2.08. The number of benzene rings is 1. The molecule has 0 radical (unpaired) electrons. The van der Waals surface area contributed by atoms with E-state index in [0.717, 1.165) is 35.8 Å². The summed E-state index contributed by atoms with van der Waals surface area (Å²) in [5.41, 5.74) is 0. The van der Waals surface area contributed by atoms with Crippen LogP contribution in [0.2, 0.25) is 0 Å². The number of hydrogen-bond acceptors (Lipinski definition) is 4. The minimum atomic E-state index is 0.698. The molecule has 90 valence electrons. The Morgan fingerprint density at radius 3 is 1.81 bits per heavy atom. The van der Waals surface area contributed by atoms with Crippen LogP contribution in [-0.2, 0) is 0 Å². The van der Waals surface area contributed by atoms with Gasteiger partial charge < -0.3 is 9.47 Å². The molecule has 4 heteroatoms. The highest BCUT2D eigenvalue weighted by Gasteiger charge is 1.97. The van der Waals surface area contributed by atoms with Gasteiger partial charge in [-0.15, -0.1) is 0 Å². The Balaban J connectivity index is 2.37. The van der Waals surface area contributed by atoms with E-state index in [9.17, 15) is 0 Å². The fourth-order valence-corrected chi connectivity index (χ4v) is 1.42. The van der Waals surface area contributed by atoms with Gasteiger partial charge in [-0.3, -0.25) is 0 Å². The summed E-state index contributed by atoms with van der Waals surface area (Å²) >= 11 is 8.26. The zero-order valence-corrected chi connectivity index (χ0v) is 11.1. The molecule has 0 spiro atoms. The standard InChI is InChI=1S/C12H18O2S2/c15-8-2-6-13-11-4-1-5-12(10-11)14-7-3-9-16/h1,4-5,10,15-16H,2-3,6-9H2. The lowest BCUT2D eigenvalue weighted by Crippen LogP contribution is -2.00. The predicted molar refractivity (Wildman–Crippen MR) is 74.4 cm³/mol. The Morgan fingerprint density at radius 2 is 1.38 bits per heavy atom. The zero-order chi connectivity index (χ0) is 11.6. The topological polar surface area (TPSA) is 18.5 Å². The van der Waals surface area contributed by atoms with Gasteiger partial charge in [-0.1, -0.05) is 6.07 Å². The second-order valence-corrected chi connectivity index (χ2v) is 4.22. The van der Waals surface area contributed by atoms with Gasteiger partial charge in [0.15, 0.2) is 0 Å². The first kappa shape index (κ1) is 13.6. The van der Waals surface area contributed by atoms with Crippen LogP contribution in [0.25, 0.3) is 0 Å². The molecule has 0 fully saturated rings. The maximum Gasteiger partial charge on any atom is 0.122 e. The van der Waals surface area contributed by atoms with Gasteiger partial charge in [0, 0.05) is 6.07 Å². The lowest BCUT2D eigenvalue weighted by molar-refractivity contribution is 0.303. The van der Waals surface area contributed by atoms with Crippen molar-refractivity contribution in [3.8, 4) is 11.5 Å². The fraction of sp³-hybridized carbons (Fsp3) is 0.500. The van der Waals surface area contributed by atoms with Crippen LogP contribution >= 0.6 is 25.3 Å². The summed E-state index contributed by atoms with van der Waals surface area (Å²) in [6.07, 6.45) is 1.90. The SMILES string of the molecule is SCCCOc1cccc(OCCCS)c1. The predicted octanol–water partition coefficient (Wildman–Crippen LogP) is 3.08. The van der Waals surface area contributed by atoms with E-state index in [1.165, 1.54) is 0 Å². The Kier molecular flexibility index (Phi) is 7.34. The van der Waals surface area contributed by atoms with Crippen molar-refractivity contribution < 1.29 is 9.47 Å². The monoisotopic (exact) mass is 258 g/mol. The number of hydrogen-bond donors (Lipinski definition) is 2. The van der Waals surface area contributed by atoms with Crippen molar-refractivity contribution in [3.05, 3.63) is 24.3 Å². The number of rotatable bonds is 8. The molecule has 2 nitrogen and oxygen atoms in total. The zero-order valence-electron chi connectivity index (χ0n) is 9.26. The third-order valence-corrected chi connectivity index (χ3v) is 2.58. The molecule has 0 N–H and O–H groups in total. The van der Waals surface area contributed by atoms with E-state index in [0.29, 0.717) is 13.2 Å². The summed E-state index contributed by atoms with van der Waals surface area (Å²) in [6, 6.07) is 7.72. The van der Waals surface area contributed by atoms with Gasteiger partial charge in [-0.2, -0.15) is 25.3 Å². The van der Waals surface area contributed by atoms with Gasteiger partial charge in [0.05, 0.1) is 13.2 Å². The first-order chi connectivity index (χ1) is 7.86. The molecule has 0 aliphatic heterocycles. The van der Waals surface area contributed by atoms with Crippen molar-refractivity contribution in [2.24, 2.45) is 0 Å². The molecule has 0 unspecified atom stereocenters. The second kappa shape index (κ2) is 8.65. The average molecular weight is 258 g/mol. The van der Waals surface area contributed by atoms with Gasteiger partial charge in [-0.05, 0) is 36.5 Å². The molecule has 1 aromatic rings. The van der Waals surface area contributed by atoms with Crippen molar-refractivity contribution in [1.29, 1.82) is 0 Å². The van der Waals surface area contributed by atoms with Gasteiger partial charge in [0.1, 0.15) is 11.5 Å². The van der Waals surface area contributed by atoms with Crippen LogP contribution in [0.4, 0.5) is 0 Å². The van der Waals surface area contributed by atoms with Gasteiger partial charge in [0.2, 0.25) is 0 Å². The average Bonchev–Trinajstić information content (AvgIpc) is 2.30. The molecule has 0 amide bonds. The van der Waals surface area contributed by atoms with Crippen LogP contribution in [0, 0.1) is 0 Å². The molecule has 0 heterocycles. The van der Waals surface area contributed by atoms with Crippen molar-refractivity contribution in [3.63, 3.8) is 0 Å². The Hall–Kier alpha value is -0.480. The van der Waals surface area contributed by atoms with Crippen LogP contribution in [0.5, 0.6) is 11.5 Å². The van der Waals surface area contributed by atoms with E-state index in [1.807, 2.05) is 24.3 Å². The van der Waals surface area contributed by atoms with Gasteiger partial charge >= 0.3 is 0 Å². The first-order valence-electron chi connectivity index (χ1n) is 5.44. The summed E-state index contributed by atoms with van der Waals surface area (Å²) in [5.74, 6) is 3.39. The molecule has 0 aromatic heterocycles. The quantitative estimate of drug-likeness (QED) is 0.551. The molecule has 0 aliphatic rings. The van der Waals surface area contributed by atoms with E-state index in [4.69, 9.17) is 9.47 Å². The van der Waals surface area contributed by atoms with Crippen molar-refractivity contribution >= 4 is 25.3 Å². The summed E-state index contributed by atoms with van der Waals surface area (Å²) in [6.45, 7) is 1.40. The minimum Gasteiger partial charge on any atom is -0.493 e. The Morgan fingerprint density at radius 1 is 0.875 bits per heavy atom. The maximum absolute atomic E-state index is 5.55. The van der Waals surface area contributed by atoms with E-state index >= 15 is 0 Å². The summed E-state index contributed by atoms with van der Waals surface area (Å²) in [5, 5.41) is 0. The molecule has 0 saturated heterocycles. The minimum absolute atomic E-state index is 0.698. The van der Waals surface area contributed by atoms with Crippen LogP contribution in [0.15, 0.2) is 24.3 Å². The molecular weight excluding hydrogens is 240 g/mol. The lowest BCUT2D eigenvalue weighted by atomic mass is 10.3. The highest BCUT2D eigenvalue weighted by molar-refractivity contribution is 7.80. The third-order valence-electron chi connectivity index (χ3n) is 1.95. The summed E-state index contributed by atoms with van der Waals surface area (Å²) < 4.78 is 11.1. The molecule has 0 atom stereocenters. The van der Waals surface area contributed by atoms with E-state index in [-0.39, 0.29) is 0 Å². The van der Waals surface area contributed by atoms with Crippen molar-refractivity contribution in [1.82, 2.24) is 0 Å². The summed E-state index contributed by atoms with van der Waals surface area (Å²) in [4.78, 5) is 0. The molecule has 1 rings (SSSR count). The van der Waals surface area contributed by atoms with E-state index < -0.39 is 0 Å². The van der Waals surface area contributed by atoms with E-state index in [1.54, 1.807) is 0 Å². The second-order valence-electron chi connectivity index (χ2n) is 3.33. The number of thiol groups is 2. The normalized spacial score (nSPS) is 10.1. The van der Waals surface area contributed by atoms with Crippen LogP contribution in [-0.4, -0.2) is 24.7 Å². The van der Waals surface area contributed by atoms with Crippen molar-refractivity contribution in [2.45, 2.75) is 12.8 Å². The van der Waals surface area contributed by atoms with Gasteiger partial charge in [0.25, 0.3) is 0 Å². The molecule has 0 bridgehead atoms. The molecular formula is C12H18O2S2. The molecule has 1 aromatic carbocycles. The van der Waals surface area contributed by atoms with Crippen LogP contribution in [0.3, 0.4) is 0 Å². The largest absolute Gasteiger partial charge is 0.493 e. The Labute approximate surface area is 108 Å². The summed E-state index contributed by atoms with van der Waals surface area (Å²) in [7, 11) is 0. The highest BCUT2D eigenvalue weighted by Crippen LogP contribution is 2.19. The van der Waals surface area contributed by atoms with E-state index in [2.05, 4.69) is 25.3 Å². The highest BCUT2D eigenvalue weighted by atomic mass is 32.1. The molecule has 0 aliphatic carbocycles. The van der Waals surface area contributed by atoms with Crippen LogP contribution < -0.4 is 9.47 Å². The molecule has 16 heavy (non-hydrogen) atoms. The molecule has 0 saturated carbocycles.